The molecule has 0 saturated carbocycles. The predicted molar refractivity (Wildman–Crippen MR) is 157 cm³/mol. The molecule has 8 rings (SSSR count). The van der Waals surface area contributed by atoms with Crippen molar-refractivity contribution in [3.63, 3.8) is 0 Å². The van der Waals surface area contributed by atoms with Crippen LogP contribution in [-0.4, -0.2) is 9.97 Å². The summed E-state index contributed by atoms with van der Waals surface area (Å²) < 4.78 is 12.4. The number of pyridine rings is 2. The molecule has 39 heavy (non-hydrogen) atoms. The molecule has 0 N–H and O–H groups in total. The summed E-state index contributed by atoms with van der Waals surface area (Å²) in [5.41, 5.74) is 10.2. The SMILES string of the molecule is c1ccc(-c2ccc(N(c3ccc4c(c3)oc3cccnc34)c3ccc4c(c3)oc3cccnc34)cc2)cc1. The normalized spacial score (nSPS) is 11.6. The van der Waals surface area contributed by atoms with Crippen LogP contribution in [0.2, 0.25) is 0 Å². The first-order valence-electron chi connectivity index (χ1n) is 12.8. The molecular weight excluding hydrogens is 482 g/mol. The van der Waals surface area contributed by atoms with E-state index in [1.54, 1.807) is 12.4 Å². The second-order valence-electron chi connectivity index (χ2n) is 9.51. The third-order valence-electron chi connectivity index (χ3n) is 7.17. The molecule has 0 amide bonds. The van der Waals surface area contributed by atoms with Crippen LogP contribution >= 0.6 is 0 Å². The van der Waals surface area contributed by atoms with Gasteiger partial charge in [0.2, 0.25) is 0 Å². The third kappa shape index (κ3) is 3.55. The summed E-state index contributed by atoms with van der Waals surface area (Å²) in [6.45, 7) is 0. The molecule has 0 bridgehead atoms. The van der Waals surface area contributed by atoms with E-state index in [0.717, 1.165) is 66.8 Å². The summed E-state index contributed by atoms with van der Waals surface area (Å²) in [4.78, 5) is 11.3. The molecule has 4 aromatic heterocycles. The molecule has 4 aromatic carbocycles. The minimum atomic E-state index is 0.777. The Morgan fingerprint density at radius 1 is 0.436 bits per heavy atom. The number of benzene rings is 4. The summed E-state index contributed by atoms with van der Waals surface area (Å²) in [5, 5.41) is 1.99. The topological polar surface area (TPSA) is 55.3 Å². The van der Waals surface area contributed by atoms with Gasteiger partial charge in [0.05, 0.1) is 0 Å². The molecule has 0 aliphatic rings. The lowest BCUT2D eigenvalue weighted by molar-refractivity contribution is 0.668. The van der Waals surface area contributed by atoms with Gasteiger partial charge in [-0.05, 0) is 71.8 Å². The number of anilines is 3. The first-order chi connectivity index (χ1) is 19.3. The molecule has 5 heteroatoms. The second kappa shape index (κ2) is 8.57. The Morgan fingerprint density at radius 2 is 0.949 bits per heavy atom. The molecule has 0 saturated heterocycles. The maximum atomic E-state index is 6.19. The largest absolute Gasteiger partial charge is 0.454 e. The van der Waals surface area contributed by atoms with Gasteiger partial charge in [0, 0.05) is 52.4 Å². The Hall–Kier alpha value is -5.42. The number of rotatable bonds is 4. The molecule has 4 heterocycles. The number of nitrogens with zero attached hydrogens (tertiary/aromatic N) is 3. The van der Waals surface area contributed by atoms with Crippen molar-refractivity contribution < 1.29 is 8.83 Å². The van der Waals surface area contributed by atoms with Gasteiger partial charge < -0.3 is 13.7 Å². The van der Waals surface area contributed by atoms with Crippen LogP contribution in [0.25, 0.3) is 55.3 Å². The predicted octanol–water partition coefficient (Wildman–Crippen LogP) is 9.41. The van der Waals surface area contributed by atoms with Crippen LogP contribution in [-0.2, 0) is 0 Å². The van der Waals surface area contributed by atoms with Crippen LogP contribution in [0.4, 0.5) is 17.1 Å². The van der Waals surface area contributed by atoms with Crippen LogP contribution in [0.3, 0.4) is 0 Å². The molecular formula is C34H21N3O2. The smallest absolute Gasteiger partial charge is 0.153 e. The van der Waals surface area contributed by atoms with Gasteiger partial charge in [-0.15, -0.1) is 0 Å². The molecule has 8 aromatic rings. The van der Waals surface area contributed by atoms with Crippen LogP contribution < -0.4 is 4.90 Å². The maximum absolute atomic E-state index is 6.19. The molecule has 184 valence electrons. The fourth-order valence-electron chi connectivity index (χ4n) is 5.33. The quantitative estimate of drug-likeness (QED) is 0.239. The Kier molecular flexibility index (Phi) is 4.76. The van der Waals surface area contributed by atoms with Crippen LogP contribution in [0.1, 0.15) is 0 Å². The molecule has 0 unspecified atom stereocenters. The molecule has 0 aliphatic carbocycles. The van der Waals surface area contributed by atoms with Gasteiger partial charge in [0.25, 0.3) is 0 Å². The summed E-state index contributed by atoms with van der Waals surface area (Å²) in [6.07, 6.45) is 3.59. The minimum absolute atomic E-state index is 0.777. The van der Waals surface area contributed by atoms with E-state index in [4.69, 9.17) is 8.83 Å². The van der Waals surface area contributed by atoms with Gasteiger partial charge in [0.15, 0.2) is 11.2 Å². The molecule has 0 spiro atoms. The van der Waals surface area contributed by atoms with E-state index in [9.17, 15) is 0 Å². The van der Waals surface area contributed by atoms with E-state index < -0.39 is 0 Å². The van der Waals surface area contributed by atoms with E-state index >= 15 is 0 Å². The van der Waals surface area contributed by atoms with Gasteiger partial charge in [-0.2, -0.15) is 0 Å². The number of aromatic nitrogens is 2. The van der Waals surface area contributed by atoms with Crippen molar-refractivity contribution in [1.29, 1.82) is 0 Å². The Bertz CT molecular complexity index is 2010. The lowest BCUT2D eigenvalue weighted by Crippen LogP contribution is -2.09. The third-order valence-corrected chi connectivity index (χ3v) is 7.17. The molecule has 0 atom stereocenters. The van der Waals surface area contributed by atoms with E-state index in [-0.39, 0.29) is 0 Å². The lowest BCUT2D eigenvalue weighted by Gasteiger charge is -2.25. The van der Waals surface area contributed by atoms with Crippen molar-refractivity contribution in [3.8, 4) is 11.1 Å². The van der Waals surface area contributed by atoms with Gasteiger partial charge in [-0.3, -0.25) is 9.97 Å². The summed E-state index contributed by atoms with van der Waals surface area (Å²) in [7, 11) is 0. The zero-order chi connectivity index (χ0) is 25.8. The minimum Gasteiger partial charge on any atom is -0.454 e. The van der Waals surface area contributed by atoms with Crippen molar-refractivity contribution in [1.82, 2.24) is 9.97 Å². The monoisotopic (exact) mass is 503 g/mol. The summed E-state index contributed by atoms with van der Waals surface area (Å²) in [6, 6.07) is 39.2. The van der Waals surface area contributed by atoms with Crippen LogP contribution in [0.5, 0.6) is 0 Å². The standard InChI is InChI=1S/C34H21N3O2/c1-2-6-22(7-3-1)23-10-12-24(13-11-23)37(25-14-16-27-31(20-25)38-29-8-4-18-35-33(27)29)26-15-17-28-32(21-26)39-30-9-5-19-36-34(28)30/h1-21H. The first kappa shape index (κ1) is 21.6. The Labute approximate surface area is 223 Å². The van der Waals surface area contributed by atoms with E-state index in [1.807, 2.05) is 30.3 Å². The maximum Gasteiger partial charge on any atom is 0.153 e. The molecule has 0 aliphatic heterocycles. The van der Waals surface area contributed by atoms with Crippen molar-refractivity contribution in [2.24, 2.45) is 0 Å². The highest BCUT2D eigenvalue weighted by molar-refractivity contribution is 6.05. The number of hydrogen-bond acceptors (Lipinski definition) is 5. The van der Waals surface area contributed by atoms with E-state index in [0.29, 0.717) is 0 Å². The van der Waals surface area contributed by atoms with Gasteiger partial charge in [-0.25, -0.2) is 0 Å². The van der Waals surface area contributed by atoms with Gasteiger partial charge >= 0.3 is 0 Å². The lowest BCUT2D eigenvalue weighted by atomic mass is 10.0. The van der Waals surface area contributed by atoms with Crippen LogP contribution in [0, 0.1) is 0 Å². The number of hydrogen-bond donors (Lipinski definition) is 0. The van der Waals surface area contributed by atoms with Gasteiger partial charge in [0.1, 0.15) is 22.2 Å². The van der Waals surface area contributed by atoms with Crippen LogP contribution in [0.15, 0.2) is 136 Å². The zero-order valence-corrected chi connectivity index (χ0v) is 20.8. The highest BCUT2D eigenvalue weighted by atomic mass is 16.3. The van der Waals surface area contributed by atoms with E-state index in [2.05, 4.69) is 99.8 Å². The van der Waals surface area contributed by atoms with Crippen molar-refractivity contribution in [2.45, 2.75) is 0 Å². The summed E-state index contributed by atoms with van der Waals surface area (Å²) >= 11 is 0. The average molecular weight is 504 g/mol. The fourth-order valence-corrected chi connectivity index (χ4v) is 5.33. The van der Waals surface area contributed by atoms with Gasteiger partial charge in [-0.1, -0.05) is 42.5 Å². The highest BCUT2D eigenvalue weighted by Crippen LogP contribution is 2.40. The summed E-state index contributed by atoms with van der Waals surface area (Å²) in [5.74, 6) is 0. The second-order valence-corrected chi connectivity index (χ2v) is 9.51. The van der Waals surface area contributed by atoms with Crippen molar-refractivity contribution in [2.75, 3.05) is 4.90 Å². The zero-order valence-electron chi connectivity index (χ0n) is 20.8. The first-order valence-corrected chi connectivity index (χ1v) is 12.8. The van der Waals surface area contributed by atoms with E-state index in [1.165, 1.54) is 5.56 Å². The average Bonchev–Trinajstić information content (AvgIpc) is 3.56. The van der Waals surface area contributed by atoms with Crippen molar-refractivity contribution >= 4 is 61.2 Å². The van der Waals surface area contributed by atoms with Crippen molar-refractivity contribution in [3.05, 3.63) is 128 Å². The fraction of sp³-hybridized carbons (Fsp3) is 0. The number of fused-ring (bicyclic) bond motifs is 6. The molecule has 0 fully saturated rings. The Balaban J connectivity index is 1.31. The Morgan fingerprint density at radius 3 is 1.51 bits per heavy atom. The molecule has 0 radical (unpaired) electrons. The highest BCUT2D eigenvalue weighted by Gasteiger charge is 2.18. The molecule has 5 nitrogen and oxygen atoms in total. The number of furan rings is 2.